The first-order valence-electron chi connectivity index (χ1n) is 4.78. The number of carbonyl (C=O) groups is 1. The first-order chi connectivity index (χ1) is 8.67. The Labute approximate surface area is 126 Å². The highest BCUT2D eigenvalue weighted by atomic mass is 79.9. The highest BCUT2D eigenvalue weighted by Gasteiger charge is 2.61. The molecule has 0 radical (unpaired) electrons. The van der Waals surface area contributed by atoms with Crippen LogP contribution in [0.2, 0.25) is 0 Å². The van der Waals surface area contributed by atoms with Crippen LogP contribution in [0.4, 0.5) is 13.2 Å². The van der Waals surface area contributed by atoms with E-state index in [0.29, 0.717) is 8.26 Å². The van der Waals surface area contributed by atoms with E-state index in [2.05, 4.69) is 37.0 Å². The van der Waals surface area contributed by atoms with Gasteiger partial charge >= 0.3 is 6.18 Å². The van der Waals surface area contributed by atoms with E-state index in [1.165, 1.54) is 6.07 Å². The van der Waals surface area contributed by atoms with Gasteiger partial charge in [0.15, 0.2) is 0 Å². The lowest BCUT2D eigenvalue weighted by Crippen LogP contribution is -2.56. The minimum absolute atomic E-state index is 0.0282. The zero-order valence-corrected chi connectivity index (χ0v) is 12.9. The number of halogens is 5. The Balaban J connectivity index is 2.36. The molecule has 0 fully saturated rings. The lowest BCUT2D eigenvalue weighted by molar-refractivity contribution is -0.297. The summed E-state index contributed by atoms with van der Waals surface area (Å²) < 4.78 is 39.6. The lowest BCUT2D eigenvalue weighted by atomic mass is 10.1. The van der Waals surface area contributed by atoms with Gasteiger partial charge in [-0.3, -0.25) is 4.79 Å². The van der Waals surface area contributed by atoms with E-state index in [0.717, 1.165) is 17.6 Å². The van der Waals surface area contributed by atoms with Crippen LogP contribution in [0.25, 0.3) is 0 Å². The average Bonchev–Trinajstić information content (AvgIpc) is 2.83. The van der Waals surface area contributed by atoms with E-state index >= 15 is 0 Å². The molecule has 0 saturated heterocycles. The fraction of sp³-hybridized carbons (Fsp3) is 0.333. The van der Waals surface area contributed by atoms with Crippen LogP contribution in [0.5, 0.6) is 0 Å². The first-order valence-corrected chi connectivity index (χ1v) is 7.18. The number of carbonyl (C=O) groups excluding carboxylic acids is 1. The zero-order valence-electron chi connectivity index (χ0n) is 8.91. The molecule has 0 aromatic carbocycles. The molecule has 1 aliphatic rings. The lowest BCUT2D eigenvalue weighted by Gasteiger charge is -2.32. The Morgan fingerprint density at radius 1 is 1.53 bits per heavy atom. The quantitative estimate of drug-likeness (QED) is 0.755. The third-order valence-corrected chi connectivity index (χ3v) is 5.67. The number of thiophene rings is 1. The topological polar surface area (TPSA) is 52.9 Å². The van der Waals surface area contributed by atoms with Gasteiger partial charge in [-0.15, -0.1) is 11.3 Å². The van der Waals surface area contributed by atoms with Crippen LogP contribution in [-0.2, 0) is 0 Å². The minimum Gasteiger partial charge on any atom is -0.362 e. The van der Waals surface area contributed by atoms with Crippen LogP contribution in [0.15, 0.2) is 19.4 Å². The van der Waals surface area contributed by atoms with Gasteiger partial charge in [-0.25, -0.2) is 0 Å². The van der Waals surface area contributed by atoms with Gasteiger partial charge in [0.25, 0.3) is 11.6 Å². The van der Waals surface area contributed by atoms with Gasteiger partial charge < -0.3 is 5.11 Å². The molecular weight excluding hydrogens is 417 g/mol. The number of rotatable bonds is 1. The van der Waals surface area contributed by atoms with Crippen molar-refractivity contribution >= 4 is 55.3 Å². The van der Waals surface area contributed by atoms with Crippen LogP contribution in [0.3, 0.4) is 0 Å². The number of hydrazone groups is 1. The molecule has 2 rings (SSSR count). The summed E-state index contributed by atoms with van der Waals surface area (Å²) >= 11 is 7.22. The number of nitrogens with zero attached hydrogens (tertiary/aromatic N) is 2. The van der Waals surface area contributed by atoms with Gasteiger partial charge in [-0.05, 0) is 37.9 Å². The van der Waals surface area contributed by atoms with Crippen molar-refractivity contribution in [3.05, 3.63) is 19.2 Å². The van der Waals surface area contributed by atoms with Crippen molar-refractivity contribution in [1.29, 1.82) is 0 Å². The van der Waals surface area contributed by atoms with Gasteiger partial charge in [0.05, 0.1) is 8.66 Å². The summed E-state index contributed by atoms with van der Waals surface area (Å²) in [5.41, 5.74) is -3.28. The molecule has 1 amide bonds. The van der Waals surface area contributed by atoms with E-state index < -0.39 is 24.2 Å². The molecule has 0 saturated carbocycles. The molecule has 4 nitrogen and oxygen atoms in total. The number of hydrogen-bond donors (Lipinski definition) is 1. The SMILES string of the molecule is O=C(c1cc(Br)c(Br)s1)N1N=CCC1(O)C(F)(F)F. The van der Waals surface area contributed by atoms with Crippen LogP contribution >= 0.6 is 43.2 Å². The van der Waals surface area contributed by atoms with Gasteiger partial charge in [-0.1, -0.05) is 0 Å². The monoisotopic (exact) mass is 420 g/mol. The largest absolute Gasteiger partial charge is 0.438 e. The summed E-state index contributed by atoms with van der Waals surface area (Å²) in [4.78, 5) is 12.0. The summed E-state index contributed by atoms with van der Waals surface area (Å²) in [5.74, 6) is -1.01. The van der Waals surface area contributed by atoms with E-state index in [1.807, 2.05) is 0 Å². The summed E-state index contributed by atoms with van der Waals surface area (Å²) in [6.45, 7) is 0. The van der Waals surface area contributed by atoms with Crippen molar-refractivity contribution in [2.45, 2.75) is 18.3 Å². The zero-order chi connectivity index (χ0) is 14.4. The van der Waals surface area contributed by atoms with Gasteiger partial charge in [0, 0.05) is 17.1 Å². The molecule has 1 aromatic rings. The Bertz CT molecular complexity index is 541. The van der Waals surface area contributed by atoms with Crippen molar-refractivity contribution in [1.82, 2.24) is 5.01 Å². The second-order valence-electron chi connectivity index (χ2n) is 3.67. The molecule has 1 aliphatic heterocycles. The molecule has 0 spiro atoms. The molecule has 1 atom stereocenters. The summed E-state index contributed by atoms with van der Waals surface area (Å²) in [5, 5.41) is 13.0. The second-order valence-corrected chi connectivity index (χ2v) is 6.89. The van der Waals surface area contributed by atoms with E-state index in [4.69, 9.17) is 0 Å². The van der Waals surface area contributed by atoms with Crippen molar-refractivity contribution in [2.75, 3.05) is 0 Å². The molecule has 10 heteroatoms. The average molecular weight is 422 g/mol. The van der Waals surface area contributed by atoms with E-state index in [-0.39, 0.29) is 9.89 Å². The molecule has 0 bridgehead atoms. The van der Waals surface area contributed by atoms with Crippen LogP contribution < -0.4 is 0 Å². The summed E-state index contributed by atoms with van der Waals surface area (Å²) in [6.07, 6.45) is -4.90. The maximum absolute atomic E-state index is 12.8. The number of hydrogen-bond acceptors (Lipinski definition) is 4. The Kier molecular flexibility index (Phi) is 3.80. The van der Waals surface area contributed by atoms with Gasteiger partial charge in [0.2, 0.25) is 0 Å². The second kappa shape index (κ2) is 4.83. The molecule has 0 aliphatic carbocycles. The molecular formula is C9H5Br2F3N2O2S. The summed E-state index contributed by atoms with van der Waals surface area (Å²) in [6, 6.07) is 1.36. The molecule has 104 valence electrons. The maximum Gasteiger partial charge on any atom is 0.438 e. The fourth-order valence-corrected chi connectivity index (χ4v) is 3.41. The van der Waals surface area contributed by atoms with E-state index in [9.17, 15) is 23.1 Å². The van der Waals surface area contributed by atoms with Crippen molar-refractivity contribution < 1.29 is 23.1 Å². The van der Waals surface area contributed by atoms with Crippen molar-refractivity contribution in [2.24, 2.45) is 5.10 Å². The van der Waals surface area contributed by atoms with Crippen LogP contribution in [0, 0.1) is 0 Å². The number of aliphatic hydroxyl groups is 1. The highest BCUT2D eigenvalue weighted by molar-refractivity contribution is 9.13. The fourth-order valence-electron chi connectivity index (χ4n) is 1.44. The van der Waals surface area contributed by atoms with Crippen molar-refractivity contribution in [3.63, 3.8) is 0 Å². The Hall–Kier alpha value is -0.450. The van der Waals surface area contributed by atoms with Gasteiger partial charge in [0.1, 0.15) is 0 Å². The van der Waals surface area contributed by atoms with Gasteiger partial charge in [-0.2, -0.15) is 23.3 Å². The third kappa shape index (κ3) is 2.46. The third-order valence-electron chi connectivity index (χ3n) is 2.43. The van der Waals surface area contributed by atoms with Crippen LogP contribution in [-0.4, -0.2) is 34.1 Å². The molecule has 1 aromatic heterocycles. The number of amides is 1. The Morgan fingerprint density at radius 3 is 2.63 bits per heavy atom. The van der Waals surface area contributed by atoms with E-state index in [1.54, 1.807) is 0 Å². The van der Waals surface area contributed by atoms with Crippen LogP contribution in [0.1, 0.15) is 16.1 Å². The standard InChI is InChI=1S/C9H5Br2F3N2O2S/c10-4-3-5(19-6(4)11)7(17)16-8(18,1-2-15-16)9(12,13)14/h2-3,18H,1H2. The first kappa shape index (κ1) is 14.9. The number of alkyl halides is 3. The van der Waals surface area contributed by atoms with Crippen molar-refractivity contribution in [3.8, 4) is 0 Å². The molecule has 2 heterocycles. The smallest absolute Gasteiger partial charge is 0.362 e. The highest BCUT2D eigenvalue weighted by Crippen LogP contribution is 2.41. The predicted molar refractivity (Wildman–Crippen MR) is 70.0 cm³/mol. The Morgan fingerprint density at radius 2 is 2.16 bits per heavy atom. The molecule has 19 heavy (non-hydrogen) atoms. The maximum atomic E-state index is 12.8. The molecule has 1 N–H and O–H groups in total. The minimum atomic E-state index is -4.98. The predicted octanol–water partition coefficient (Wildman–Crippen LogP) is 3.36. The normalized spacial score (nSPS) is 23.2. The summed E-state index contributed by atoms with van der Waals surface area (Å²) in [7, 11) is 0. The molecule has 1 unspecified atom stereocenters.